The fourth-order valence-electron chi connectivity index (χ4n) is 2.70. The van der Waals surface area contributed by atoms with Gasteiger partial charge in [0, 0.05) is 37.8 Å². The van der Waals surface area contributed by atoms with Crippen molar-refractivity contribution in [2.75, 3.05) is 53.4 Å². The number of nitrogens with one attached hydrogen (secondary N) is 2. The van der Waals surface area contributed by atoms with E-state index in [1.807, 2.05) is 13.2 Å². The van der Waals surface area contributed by atoms with E-state index in [-0.39, 0.29) is 0 Å². The van der Waals surface area contributed by atoms with Crippen molar-refractivity contribution in [1.29, 1.82) is 0 Å². The lowest BCUT2D eigenvalue weighted by molar-refractivity contribution is 0.274. The van der Waals surface area contributed by atoms with Crippen LogP contribution in [-0.4, -0.2) is 74.1 Å². The lowest BCUT2D eigenvalue weighted by Gasteiger charge is -2.20. The van der Waals surface area contributed by atoms with E-state index in [0.717, 1.165) is 37.0 Å². The van der Waals surface area contributed by atoms with Crippen molar-refractivity contribution in [2.24, 2.45) is 4.99 Å². The highest BCUT2D eigenvalue weighted by Crippen LogP contribution is 2.10. The van der Waals surface area contributed by atoms with E-state index in [0.29, 0.717) is 0 Å². The summed E-state index contributed by atoms with van der Waals surface area (Å²) in [5, 5.41) is 7.81. The van der Waals surface area contributed by atoms with E-state index >= 15 is 0 Å². The van der Waals surface area contributed by atoms with Gasteiger partial charge in [0.2, 0.25) is 0 Å². The van der Waals surface area contributed by atoms with Gasteiger partial charge in [-0.2, -0.15) is 0 Å². The monoisotopic (exact) mass is 338 g/mol. The van der Waals surface area contributed by atoms with Gasteiger partial charge in [0.15, 0.2) is 5.96 Å². The molecule has 2 N–H and O–H groups in total. The van der Waals surface area contributed by atoms with Crippen LogP contribution in [0.3, 0.4) is 0 Å². The predicted molar refractivity (Wildman–Crippen MR) is 98.2 cm³/mol. The van der Waals surface area contributed by atoms with Gasteiger partial charge in [0.1, 0.15) is 5.01 Å². The number of guanidine groups is 1. The normalized spacial score (nSPS) is 18.0. The van der Waals surface area contributed by atoms with Crippen LogP contribution in [0.5, 0.6) is 0 Å². The molecule has 0 unspecified atom stereocenters. The second-order valence-corrected chi connectivity index (χ2v) is 7.39. The zero-order chi connectivity index (χ0) is 16.5. The van der Waals surface area contributed by atoms with Gasteiger partial charge in [0.25, 0.3) is 0 Å². The minimum Gasteiger partial charge on any atom is -0.356 e. The first-order chi connectivity index (χ1) is 11.2. The van der Waals surface area contributed by atoms with E-state index in [1.165, 1.54) is 37.5 Å². The number of hydrogen-bond donors (Lipinski definition) is 2. The van der Waals surface area contributed by atoms with E-state index in [4.69, 9.17) is 0 Å². The number of hydrogen-bond acceptors (Lipinski definition) is 5. The van der Waals surface area contributed by atoms with Crippen LogP contribution in [0.25, 0.3) is 0 Å². The lowest BCUT2D eigenvalue weighted by atomic mass is 10.3. The number of rotatable bonds is 6. The molecule has 2 heterocycles. The molecule has 0 aromatic carbocycles. The summed E-state index contributed by atoms with van der Waals surface area (Å²) in [7, 11) is 4.03. The fourth-order valence-corrected chi connectivity index (χ4v) is 3.42. The predicted octanol–water partition coefficient (Wildman–Crippen LogP) is 1.14. The molecule has 0 aliphatic carbocycles. The number of aryl methyl sites for hydroxylation is 1. The van der Waals surface area contributed by atoms with Crippen LogP contribution in [-0.2, 0) is 6.54 Å². The van der Waals surface area contributed by atoms with Gasteiger partial charge in [-0.3, -0.25) is 4.99 Å². The molecule has 1 aliphatic rings. The van der Waals surface area contributed by atoms with Crippen molar-refractivity contribution in [2.45, 2.75) is 26.3 Å². The topological polar surface area (TPSA) is 55.8 Å². The summed E-state index contributed by atoms with van der Waals surface area (Å²) in [4.78, 5) is 14.9. The Morgan fingerprint density at radius 2 is 2.17 bits per heavy atom. The third kappa shape index (κ3) is 6.85. The first-order valence-electron chi connectivity index (χ1n) is 8.44. The van der Waals surface area contributed by atoms with Gasteiger partial charge in [-0.1, -0.05) is 0 Å². The van der Waals surface area contributed by atoms with Gasteiger partial charge in [-0.25, -0.2) is 4.98 Å². The molecule has 0 atom stereocenters. The second kappa shape index (κ2) is 9.85. The SMILES string of the molecule is CN=C(NCCCN1CCCN(C)CC1)NCc1ncc(C)s1. The zero-order valence-corrected chi connectivity index (χ0v) is 15.5. The average molecular weight is 339 g/mol. The van der Waals surface area contributed by atoms with Crippen LogP contribution in [0.4, 0.5) is 0 Å². The summed E-state index contributed by atoms with van der Waals surface area (Å²) >= 11 is 1.72. The summed E-state index contributed by atoms with van der Waals surface area (Å²) < 4.78 is 0. The molecule has 23 heavy (non-hydrogen) atoms. The van der Waals surface area contributed by atoms with E-state index < -0.39 is 0 Å². The minimum atomic E-state index is 0.733. The minimum absolute atomic E-state index is 0.733. The van der Waals surface area contributed by atoms with E-state index in [9.17, 15) is 0 Å². The molecule has 0 radical (unpaired) electrons. The maximum atomic E-state index is 4.36. The Hall–Kier alpha value is -1.18. The molecule has 1 aromatic heterocycles. The molecule has 1 aliphatic heterocycles. The standard InChI is InChI=1S/C16H30N6S/c1-14-12-19-15(23-14)13-20-16(17-2)18-6-4-8-22-9-5-7-21(3)10-11-22/h12H,4-11,13H2,1-3H3,(H2,17,18,20). The van der Waals surface area contributed by atoms with Crippen molar-refractivity contribution >= 4 is 17.3 Å². The van der Waals surface area contributed by atoms with E-state index in [2.05, 4.69) is 44.4 Å². The van der Waals surface area contributed by atoms with Crippen LogP contribution in [0, 0.1) is 6.92 Å². The maximum Gasteiger partial charge on any atom is 0.191 e. The number of likely N-dealkylation sites (N-methyl/N-ethyl adjacent to an activating group) is 1. The third-order valence-corrected chi connectivity index (χ3v) is 4.97. The summed E-state index contributed by atoms with van der Waals surface area (Å²) in [6, 6.07) is 0. The quantitative estimate of drug-likeness (QED) is 0.463. The first kappa shape index (κ1) is 18.2. The van der Waals surface area contributed by atoms with Crippen LogP contribution in [0.15, 0.2) is 11.2 Å². The highest BCUT2D eigenvalue weighted by atomic mass is 32.1. The Morgan fingerprint density at radius 3 is 2.91 bits per heavy atom. The molecular formula is C16H30N6S. The molecule has 130 valence electrons. The Morgan fingerprint density at radius 1 is 1.30 bits per heavy atom. The van der Waals surface area contributed by atoms with Gasteiger partial charge >= 0.3 is 0 Å². The first-order valence-corrected chi connectivity index (χ1v) is 9.26. The lowest BCUT2D eigenvalue weighted by Crippen LogP contribution is -2.38. The van der Waals surface area contributed by atoms with Crippen LogP contribution in [0.2, 0.25) is 0 Å². The fraction of sp³-hybridized carbons (Fsp3) is 0.750. The van der Waals surface area contributed by atoms with Gasteiger partial charge in [-0.05, 0) is 46.4 Å². The third-order valence-electron chi connectivity index (χ3n) is 4.06. The Labute approximate surface area is 144 Å². The van der Waals surface area contributed by atoms with Gasteiger partial charge in [0.05, 0.1) is 6.54 Å². The van der Waals surface area contributed by atoms with Crippen molar-refractivity contribution < 1.29 is 0 Å². The molecule has 1 fully saturated rings. The zero-order valence-electron chi connectivity index (χ0n) is 14.6. The summed E-state index contributed by atoms with van der Waals surface area (Å²) in [5.41, 5.74) is 0. The van der Waals surface area contributed by atoms with Gasteiger partial charge in [-0.15, -0.1) is 11.3 Å². The number of thiazole rings is 1. The van der Waals surface area contributed by atoms with Crippen molar-refractivity contribution in [3.05, 3.63) is 16.1 Å². The molecule has 2 rings (SSSR count). The highest BCUT2D eigenvalue weighted by Gasteiger charge is 2.11. The molecule has 1 aromatic rings. The van der Waals surface area contributed by atoms with Crippen LogP contribution < -0.4 is 10.6 Å². The molecule has 1 saturated heterocycles. The average Bonchev–Trinajstić information content (AvgIpc) is 2.85. The molecular weight excluding hydrogens is 308 g/mol. The highest BCUT2D eigenvalue weighted by molar-refractivity contribution is 7.11. The molecule has 7 heteroatoms. The number of aromatic nitrogens is 1. The molecule has 0 amide bonds. The Bertz CT molecular complexity index is 487. The molecule has 0 spiro atoms. The van der Waals surface area contributed by atoms with Crippen molar-refractivity contribution in [3.63, 3.8) is 0 Å². The summed E-state index contributed by atoms with van der Waals surface area (Å²) in [5.74, 6) is 0.855. The van der Waals surface area contributed by atoms with Crippen LogP contribution >= 0.6 is 11.3 Å². The van der Waals surface area contributed by atoms with Gasteiger partial charge < -0.3 is 20.4 Å². The number of aliphatic imine (C=N–C) groups is 1. The van der Waals surface area contributed by atoms with Crippen LogP contribution in [0.1, 0.15) is 22.7 Å². The summed E-state index contributed by atoms with van der Waals surface area (Å²) in [6.07, 6.45) is 4.33. The molecule has 0 saturated carbocycles. The number of nitrogens with zero attached hydrogens (tertiary/aromatic N) is 4. The van der Waals surface area contributed by atoms with Crippen molar-refractivity contribution in [1.82, 2.24) is 25.4 Å². The largest absolute Gasteiger partial charge is 0.356 e. The molecule has 0 bridgehead atoms. The summed E-state index contributed by atoms with van der Waals surface area (Å²) in [6.45, 7) is 9.73. The Kier molecular flexibility index (Phi) is 7.78. The Balaban J connectivity index is 1.60. The van der Waals surface area contributed by atoms with E-state index in [1.54, 1.807) is 11.3 Å². The van der Waals surface area contributed by atoms with Crippen molar-refractivity contribution in [3.8, 4) is 0 Å². The smallest absolute Gasteiger partial charge is 0.191 e. The molecule has 6 nitrogen and oxygen atoms in total. The maximum absolute atomic E-state index is 4.36. The second-order valence-electron chi connectivity index (χ2n) is 6.07.